The van der Waals surface area contributed by atoms with Crippen LogP contribution >= 0.6 is 0 Å². The summed E-state index contributed by atoms with van der Waals surface area (Å²) in [5.74, 6) is -0.833. The number of hydrogen-bond acceptors (Lipinski definition) is 7. The Labute approximate surface area is 126 Å². The molecule has 8 heteroatoms. The van der Waals surface area contributed by atoms with E-state index in [0.717, 1.165) is 6.07 Å². The number of esters is 1. The van der Waals surface area contributed by atoms with Crippen LogP contribution in [0.5, 0.6) is 11.5 Å². The fraction of sp³-hybridized carbons (Fsp3) is 0.429. The third-order valence-electron chi connectivity index (χ3n) is 3.08. The third kappa shape index (κ3) is 3.16. The molecule has 1 heterocycles. The van der Waals surface area contributed by atoms with Crippen LogP contribution in [0.25, 0.3) is 0 Å². The van der Waals surface area contributed by atoms with Crippen LogP contribution in [0.1, 0.15) is 31.1 Å². The van der Waals surface area contributed by atoms with Crippen molar-refractivity contribution in [2.75, 3.05) is 13.4 Å². The molecule has 1 aliphatic heterocycles. The van der Waals surface area contributed by atoms with Crippen LogP contribution in [0.4, 0.5) is 5.69 Å². The van der Waals surface area contributed by atoms with Crippen molar-refractivity contribution in [3.63, 3.8) is 0 Å². The van der Waals surface area contributed by atoms with Gasteiger partial charge in [-0.3, -0.25) is 14.9 Å². The number of nitrogens with zero attached hydrogens (tertiary/aromatic N) is 1. The average Bonchev–Trinajstić information content (AvgIpc) is 2.88. The van der Waals surface area contributed by atoms with E-state index in [1.807, 2.05) is 0 Å². The van der Waals surface area contributed by atoms with Crippen molar-refractivity contribution in [2.45, 2.75) is 20.8 Å². The Balaban J connectivity index is 2.22. The highest BCUT2D eigenvalue weighted by Crippen LogP contribution is 2.38. The normalized spacial score (nSPS) is 12.9. The van der Waals surface area contributed by atoms with Crippen LogP contribution in [-0.2, 0) is 9.53 Å². The first kappa shape index (κ1) is 15.7. The fourth-order valence-electron chi connectivity index (χ4n) is 1.67. The van der Waals surface area contributed by atoms with E-state index < -0.39 is 28.6 Å². The van der Waals surface area contributed by atoms with Gasteiger partial charge >= 0.3 is 5.97 Å². The third-order valence-corrected chi connectivity index (χ3v) is 3.08. The molecule has 0 N–H and O–H groups in total. The summed E-state index contributed by atoms with van der Waals surface area (Å²) in [5.41, 5.74) is -1.41. The van der Waals surface area contributed by atoms with Crippen LogP contribution in [0, 0.1) is 15.5 Å². The minimum absolute atomic E-state index is 0.0759. The standard InChI is InChI=1S/C14H15NO7/c1-14(2,3)12(16)6-20-13(17)8-4-10-11(22-7-21-10)5-9(8)15(18)19/h4-5H,6-7H2,1-3H3. The van der Waals surface area contributed by atoms with E-state index in [1.165, 1.54) is 6.07 Å². The van der Waals surface area contributed by atoms with Crippen molar-refractivity contribution >= 4 is 17.4 Å². The van der Waals surface area contributed by atoms with E-state index in [4.69, 9.17) is 14.2 Å². The predicted molar refractivity (Wildman–Crippen MR) is 74.0 cm³/mol. The van der Waals surface area contributed by atoms with Crippen LogP contribution in [0.3, 0.4) is 0 Å². The number of carbonyl (C=O) groups excluding carboxylic acids is 2. The summed E-state index contributed by atoms with van der Waals surface area (Å²) >= 11 is 0. The van der Waals surface area contributed by atoms with Crippen molar-refractivity contribution in [3.05, 3.63) is 27.8 Å². The van der Waals surface area contributed by atoms with Gasteiger partial charge in [-0.2, -0.15) is 0 Å². The van der Waals surface area contributed by atoms with Crippen LogP contribution in [0.15, 0.2) is 12.1 Å². The van der Waals surface area contributed by atoms with E-state index in [2.05, 4.69) is 0 Å². The van der Waals surface area contributed by atoms with Crippen LogP contribution in [0.2, 0.25) is 0 Å². The monoisotopic (exact) mass is 309 g/mol. The first-order valence-electron chi connectivity index (χ1n) is 6.48. The molecule has 22 heavy (non-hydrogen) atoms. The van der Waals surface area contributed by atoms with E-state index in [0.29, 0.717) is 0 Å². The number of benzene rings is 1. The number of hydrogen-bond donors (Lipinski definition) is 0. The molecular weight excluding hydrogens is 294 g/mol. The molecule has 0 saturated heterocycles. The number of ether oxygens (including phenoxy) is 3. The molecule has 0 spiro atoms. The summed E-state index contributed by atoms with van der Waals surface area (Å²) in [7, 11) is 0. The molecule has 2 rings (SSSR count). The van der Waals surface area contributed by atoms with E-state index in [-0.39, 0.29) is 29.6 Å². The number of nitro groups is 1. The highest BCUT2D eigenvalue weighted by molar-refractivity contribution is 5.96. The molecule has 118 valence electrons. The lowest BCUT2D eigenvalue weighted by atomic mass is 9.91. The van der Waals surface area contributed by atoms with Crippen LogP contribution in [-0.4, -0.2) is 30.1 Å². The summed E-state index contributed by atoms with van der Waals surface area (Å²) in [6.45, 7) is 4.53. The molecule has 1 aromatic carbocycles. The zero-order valence-corrected chi connectivity index (χ0v) is 12.4. The molecule has 0 unspecified atom stereocenters. The second kappa shape index (κ2) is 5.63. The van der Waals surface area contributed by atoms with Gasteiger partial charge in [-0.05, 0) is 0 Å². The summed E-state index contributed by atoms with van der Waals surface area (Å²) in [4.78, 5) is 34.1. The van der Waals surface area contributed by atoms with Gasteiger partial charge < -0.3 is 14.2 Å². The zero-order valence-electron chi connectivity index (χ0n) is 12.4. The Hall–Kier alpha value is -2.64. The van der Waals surface area contributed by atoms with Crippen molar-refractivity contribution in [1.29, 1.82) is 0 Å². The molecule has 1 aliphatic rings. The molecule has 0 aliphatic carbocycles. The van der Waals surface area contributed by atoms with E-state index in [1.54, 1.807) is 20.8 Å². The molecule has 0 atom stereocenters. The van der Waals surface area contributed by atoms with Gasteiger partial charge in [0.05, 0.1) is 11.0 Å². The lowest BCUT2D eigenvalue weighted by molar-refractivity contribution is -0.385. The maximum Gasteiger partial charge on any atom is 0.345 e. The van der Waals surface area contributed by atoms with Gasteiger partial charge in [0.2, 0.25) is 6.79 Å². The minimum Gasteiger partial charge on any atom is -0.454 e. The van der Waals surface area contributed by atoms with Crippen molar-refractivity contribution in [3.8, 4) is 11.5 Å². The number of fused-ring (bicyclic) bond motifs is 1. The lowest BCUT2D eigenvalue weighted by Crippen LogP contribution is -2.26. The van der Waals surface area contributed by atoms with Crippen molar-refractivity contribution in [2.24, 2.45) is 5.41 Å². The van der Waals surface area contributed by atoms with Crippen LogP contribution < -0.4 is 9.47 Å². The molecule has 0 aromatic heterocycles. The summed E-state index contributed by atoms with van der Waals surface area (Å²) in [6, 6.07) is 2.29. The zero-order chi connectivity index (χ0) is 16.5. The summed E-state index contributed by atoms with van der Waals surface area (Å²) in [5, 5.41) is 11.1. The quantitative estimate of drug-likeness (QED) is 0.476. The van der Waals surface area contributed by atoms with E-state index in [9.17, 15) is 19.7 Å². The average molecular weight is 309 g/mol. The predicted octanol–water partition coefficient (Wildman–Crippen LogP) is 2.10. The second-order valence-corrected chi connectivity index (χ2v) is 5.73. The van der Waals surface area contributed by atoms with Gasteiger partial charge in [-0.15, -0.1) is 0 Å². The lowest BCUT2D eigenvalue weighted by Gasteiger charge is -2.16. The summed E-state index contributed by atoms with van der Waals surface area (Å²) in [6.07, 6.45) is 0. The van der Waals surface area contributed by atoms with Gasteiger partial charge in [0.15, 0.2) is 23.9 Å². The molecule has 0 saturated carbocycles. The minimum atomic E-state index is -0.956. The maximum absolute atomic E-state index is 12.0. The second-order valence-electron chi connectivity index (χ2n) is 5.73. The maximum atomic E-state index is 12.0. The fourth-order valence-corrected chi connectivity index (χ4v) is 1.67. The van der Waals surface area contributed by atoms with Gasteiger partial charge in [0.25, 0.3) is 5.69 Å². The largest absolute Gasteiger partial charge is 0.454 e. The Bertz CT molecular complexity index is 645. The Kier molecular flexibility index (Phi) is 4.03. The Morgan fingerprint density at radius 3 is 2.41 bits per heavy atom. The van der Waals surface area contributed by atoms with Gasteiger partial charge in [0, 0.05) is 11.5 Å². The molecular formula is C14H15NO7. The van der Waals surface area contributed by atoms with Gasteiger partial charge in [0.1, 0.15) is 5.56 Å². The SMILES string of the molecule is CC(C)(C)C(=O)COC(=O)c1cc2c(cc1[N+](=O)[O-])OCO2. The first-order chi connectivity index (χ1) is 10.2. The highest BCUT2D eigenvalue weighted by Gasteiger charge is 2.29. The van der Waals surface area contributed by atoms with Gasteiger partial charge in [-0.25, -0.2) is 4.79 Å². The topological polar surface area (TPSA) is 105 Å². The molecule has 0 radical (unpaired) electrons. The highest BCUT2D eigenvalue weighted by atomic mass is 16.7. The number of ketones is 1. The number of rotatable bonds is 4. The van der Waals surface area contributed by atoms with Crippen molar-refractivity contribution in [1.82, 2.24) is 0 Å². The molecule has 1 aromatic rings. The Morgan fingerprint density at radius 1 is 1.27 bits per heavy atom. The molecule has 0 bridgehead atoms. The first-order valence-corrected chi connectivity index (χ1v) is 6.48. The number of nitro benzene ring substituents is 1. The van der Waals surface area contributed by atoms with E-state index >= 15 is 0 Å². The summed E-state index contributed by atoms with van der Waals surface area (Å²) < 4.78 is 15.0. The van der Waals surface area contributed by atoms with Gasteiger partial charge in [-0.1, -0.05) is 20.8 Å². The number of Topliss-reactive ketones (excluding diaryl/α,β-unsaturated/α-hetero) is 1. The van der Waals surface area contributed by atoms with Crippen molar-refractivity contribution < 1.29 is 28.7 Å². The number of carbonyl (C=O) groups is 2. The smallest absolute Gasteiger partial charge is 0.345 e. The molecule has 8 nitrogen and oxygen atoms in total. The molecule has 0 fully saturated rings. The molecule has 0 amide bonds. The Morgan fingerprint density at radius 2 is 1.86 bits per heavy atom.